The number of benzene rings is 1. The van der Waals surface area contributed by atoms with Gasteiger partial charge in [-0.05, 0) is 21.4 Å². The Balaban J connectivity index is 3.13. The van der Waals surface area contributed by atoms with E-state index in [1.54, 1.807) is 0 Å². The zero-order valence-electron chi connectivity index (χ0n) is 6.78. The normalized spacial score (nSPS) is 9.62. The number of carbonyl (C=O) groups is 1. The van der Waals surface area contributed by atoms with E-state index in [2.05, 4.69) is 0 Å². The maximum Gasteiger partial charge on any atom is 0.325 e. The molecular formula is C7H10N3O2P. The second-order valence-electron chi connectivity index (χ2n) is 2.45. The highest BCUT2D eigenvalue weighted by Gasteiger charge is 2.08. The van der Waals surface area contributed by atoms with Crippen molar-refractivity contribution in [3.05, 3.63) is 12.1 Å². The monoisotopic (exact) mass is 199 g/mol. The van der Waals surface area contributed by atoms with Crippen LogP contribution in [-0.2, 0) is 0 Å². The molecule has 1 unspecified atom stereocenters. The molecule has 70 valence electrons. The molecule has 0 heterocycles. The summed E-state index contributed by atoms with van der Waals surface area (Å²) in [7, 11) is 1.86. The summed E-state index contributed by atoms with van der Waals surface area (Å²) in [5.74, 6) is 0.147. The third-order valence-corrected chi connectivity index (χ3v) is 1.49. The number of anilines is 3. The number of hydrogen-bond donors (Lipinski definition) is 3. The number of nitrogen functional groups attached to an aromatic ring is 3. The van der Waals surface area contributed by atoms with Crippen LogP contribution in [0.1, 0.15) is 0 Å². The maximum atomic E-state index is 10.6. The van der Waals surface area contributed by atoms with Gasteiger partial charge in [0.25, 0.3) is 0 Å². The Hall–Kier alpha value is -1.48. The first-order valence-electron chi connectivity index (χ1n) is 3.42. The predicted octanol–water partition coefficient (Wildman–Crippen LogP) is 0.807. The molecule has 0 amide bonds. The largest absolute Gasteiger partial charge is 0.419 e. The van der Waals surface area contributed by atoms with Crippen LogP contribution in [0.2, 0.25) is 0 Å². The van der Waals surface area contributed by atoms with Crippen LogP contribution >= 0.6 is 9.24 Å². The molecule has 5 nitrogen and oxygen atoms in total. The number of nitrogens with two attached hydrogens (primary N) is 3. The zero-order valence-corrected chi connectivity index (χ0v) is 7.94. The van der Waals surface area contributed by atoms with E-state index in [-0.39, 0.29) is 17.1 Å². The van der Waals surface area contributed by atoms with Crippen LogP contribution < -0.4 is 21.9 Å². The Kier molecular flexibility index (Phi) is 2.58. The van der Waals surface area contributed by atoms with Crippen molar-refractivity contribution in [2.24, 2.45) is 0 Å². The summed E-state index contributed by atoms with van der Waals surface area (Å²) in [5, 5.41) is 0. The third-order valence-electron chi connectivity index (χ3n) is 1.37. The van der Waals surface area contributed by atoms with Gasteiger partial charge in [-0.25, -0.2) is 4.79 Å². The molecule has 0 radical (unpaired) electrons. The summed E-state index contributed by atoms with van der Waals surface area (Å²) in [5.41, 5.74) is 16.9. The van der Waals surface area contributed by atoms with Crippen LogP contribution in [0.5, 0.6) is 5.75 Å². The maximum absolute atomic E-state index is 10.6. The van der Waals surface area contributed by atoms with Gasteiger partial charge < -0.3 is 21.9 Å². The molecule has 1 aromatic carbocycles. The molecule has 0 aliphatic heterocycles. The third kappa shape index (κ3) is 2.23. The second-order valence-corrected chi connectivity index (χ2v) is 2.92. The lowest BCUT2D eigenvalue weighted by Gasteiger charge is -2.08. The van der Waals surface area contributed by atoms with E-state index >= 15 is 0 Å². The van der Waals surface area contributed by atoms with Crippen LogP contribution in [0.4, 0.5) is 21.9 Å². The first kappa shape index (κ1) is 9.61. The van der Waals surface area contributed by atoms with Crippen molar-refractivity contribution in [2.45, 2.75) is 0 Å². The molecule has 13 heavy (non-hydrogen) atoms. The van der Waals surface area contributed by atoms with Gasteiger partial charge in [-0.2, -0.15) is 0 Å². The zero-order chi connectivity index (χ0) is 10.0. The Labute approximate surface area is 77.4 Å². The highest BCUT2D eigenvalue weighted by atomic mass is 31.0. The Morgan fingerprint density at radius 1 is 1.23 bits per heavy atom. The lowest BCUT2D eigenvalue weighted by molar-refractivity contribution is 0.227. The van der Waals surface area contributed by atoms with Gasteiger partial charge in [-0.3, -0.25) is 0 Å². The van der Waals surface area contributed by atoms with Gasteiger partial charge in [-0.1, -0.05) is 0 Å². The minimum Gasteiger partial charge on any atom is -0.419 e. The molecule has 0 spiro atoms. The minimum atomic E-state index is -0.553. The standard InChI is InChI=1S/C7H10N3O2P/c8-3-1-4(9)6(5(10)2-3)12-7(11)13/h1-2H,8-10,13H2. The lowest BCUT2D eigenvalue weighted by atomic mass is 10.2. The quantitative estimate of drug-likeness (QED) is 0.458. The molecule has 0 saturated carbocycles. The SMILES string of the molecule is Nc1cc(N)c(OC(=O)P)c(N)c1. The summed E-state index contributed by atoms with van der Waals surface area (Å²) < 4.78 is 4.75. The van der Waals surface area contributed by atoms with Crippen LogP contribution in [0.3, 0.4) is 0 Å². The first-order chi connectivity index (χ1) is 6.00. The molecule has 6 heteroatoms. The van der Waals surface area contributed by atoms with Crippen molar-refractivity contribution in [3.63, 3.8) is 0 Å². The highest BCUT2D eigenvalue weighted by molar-refractivity contribution is 7.39. The van der Waals surface area contributed by atoms with Crippen LogP contribution in [0.15, 0.2) is 12.1 Å². The minimum absolute atomic E-state index is 0.147. The molecule has 1 aromatic rings. The molecule has 0 aliphatic carbocycles. The number of ether oxygens (including phenoxy) is 1. The Morgan fingerprint density at radius 3 is 2.08 bits per heavy atom. The van der Waals surface area contributed by atoms with Crippen molar-refractivity contribution in [3.8, 4) is 5.75 Å². The van der Waals surface area contributed by atoms with Crippen molar-refractivity contribution in [2.75, 3.05) is 17.2 Å². The highest BCUT2D eigenvalue weighted by Crippen LogP contribution is 2.32. The fourth-order valence-corrected chi connectivity index (χ4v) is 1.03. The van der Waals surface area contributed by atoms with Crippen LogP contribution in [-0.4, -0.2) is 5.71 Å². The average Bonchev–Trinajstić information content (AvgIpc) is 1.96. The number of hydrogen-bond acceptors (Lipinski definition) is 5. The van der Waals surface area contributed by atoms with E-state index in [0.717, 1.165) is 0 Å². The Bertz CT molecular complexity index is 331. The topological polar surface area (TPSA) is 104 Å². The van der Waals surface area contributed by atoms with E-state index in [1.807, 2.05) is 9.24 Å². The fourth-order valence-electron chi connectivity index (χ4n) is 0.917. The number of rotatable bonds is 1. The molecule has 0 aliphatic rings. The van der Waals surface area contributed by atoms with E-state index in [1.165, 1.54) is 12.1 Å². The average molecular weight is 199 g/mol. The summed E-state index contributed by atoms with van der Waals surface area (Å²) in [4.78, 5) is 10.6. The van der Waals surface area contributed by atoms with Gasteiger partial charge in [-0.15, -0.1) is 0 Å². The molecule has 0 fully saturated rings. The van der Waals surface area contributed by atoms with Gasteiger partial charge >= 0.3 is 5.71 Å². The second kappa shape index (κ2) is 3.49. The molecule has 0 bridgehead atoms. The van der Waals surface area contributed by atoms with Crippen molar-refractivity contribution in [1.29, 1.82) is 0 Å². The van der Waals surface area contributed by atoms with Gasteiger partial charge in [0.05, 0.1) is 11.4 Å². The van der Waals surface area contributed by atoms with Crippen molar-refractivity contribution in [1.82, 2.24) is 0 Å². The molecule has 0 saturated heterocycles. The molecular weight excluding hydrogens is 189 g/mol. The van der Waals surface area contributed by atoms with E-state index in [4.69, 9.17) is 21.9 Å². The first-order valence-corrected chi connectivity index (χ1v) is 4.00. The Morgan fingerprint density at radius 2 is 1.69 bits per heavy atom. The molecule has 1 rings (SSSR count). The smallest absolute Gasteiger partial charge is 0.325 e. The van der Waals surface area contributed by atoms with Gasteiger partial charge in [0.1, 0.15) is 0 Å². The summed E-state index contributed by atoms with van der Waals surface area (Å²) in [6.45, 7) is 0. The van der Waals surface area contributed by atoms with Crippen molar-refractivity contribution < 1.29 is 9.53 Å². The van der Waals surface area contributed by atoms with E-state index < -0.39 is 5.71 Å². The lowest BCUT2D eigenvalue weighted by Crippen LogP contribution is -2.04. The molecule has 1 atom stereocenters. The van der Waals surface area contributed by atoms with Gasteiger partial charge in [0, 0.05) is 5.69 Å². The van der Waals surface area contributed by atoms with E-state index in [0.29, 0.717) is 5.69 Å². The fraction of sp³-hybridized carbons (Fsp3) is 0. The van der Waals surface area contributed by atoms with Crippen LogP contribution in [0, 0.1) is 0 Å². The predicted molar refractivity (Wildman–Crippen MR) is 55.4 cm³/mol. The summed E-state index contributed by atoms with van der Waals surface area (Å²) >= 11 is 0. The van der Waals surface area contributed by atoms with E-state index in [9.17, 15) is 4.79 Å². The van der Waals surface area contributed by atoms with Crippen LogP contribution in [0.25, 0.3) is 0 Å². The summed E-state index contributed by atoms with van der Waals surface area (Å²) in [6, 6.07) is 2.94. The van der Waals surface area contributed by atoms with Crippen molar-refractivity contribution >= 4 is 32.0 Å². The molecule has 0 aromatic heterocycles. The molecule has 6 N–H and O–H groups in total. The summed E-state index contributed by atoms with van der Waals surface area (Å²) in [6.07, 6.45) is 0. The number of carbonyl (C=O) groups excluding carboxylic acids is 1. The van der Waals surface area contributed by atoms with Gasteiger partial charge in [0.2, 0.25) is 0 Å². The van der Waals surface area contributed by atoms with Gasteiger partial charge in [0.15, 0.2) is 5.75 Å².